The molecule has 1 aromatic heterocycles. The van der Waals surface area contributed by atoms with Crippen LogP contribution in [0.5, 0.6) is 11.5 Å². The summed E-state index contributed by atoms with van der Waals surface area (Å²) in [5.74, 6) is -2.70. The fourth-order valence-electron chi connectivity index (χ4n) is 3.11. The van der Waals surface area contributed by atoms with Crippen molar-refractivity contribution in [1.29, 1.82) is 0 Å². The van der Waals surface area contributed by atoms with Gasteiger partial charge < -0.3 is 10.2 Å². The minimum absolute atomic E-state index is 0.0611. The van der Waals surface area contributed by atoms with E-state index in [4.69, 9.17) is 0 Å². The lowest BCUT2D eigenvalue weighted by Gasteiger charge is -2.13. The van der Waals surface area contributed by atoms with Crippen molar-refractivity contribution < 1.29 is 24.2 Å². The van der Waals surface area contributed by atoms with Gasteiger partial charge >= 0.3 is 0 Å². The second kappa shape index (κ2) is 5.52. The Labute approximate surface area is 147 Å². The monoisotopic (exact) mass is 352 g/mol. The minimum atomic E-state index is -0.729. The molecule has 26 heavy (non-hydrogen) atoms. The molecule has 2 aromatic carbocycles. The van der Waals surface area contributed by atoms with E-state index in [1.165, 1.54) is 30.3 Å². The topological polar surface area (TPSA) is 90.7 Å². The van der Waals surface area contributed by atoms with Crippen molar-refractivity contribution in [1.82, 2.24) is 9.88 Å². The summed E-state index contributed by atoms with van der Waals surface area (Å²) in [4.78, 5) is 30.5. The van der Waals surface area contributed by atoms with E-state index in [1.54, 1.807) is 13.0 Å². The second-order valence-electron chi connectivity index (χ2n) is 6.12. The fourth-order valence-corrected chi connectivity index (χ4v) is 3.11. The SMILES string of the molecule is Cc1ccc2c(O)c3c(c(O)c2n1)C(=O)N(Cc1ccc(F)cc1)C3=O. The maximum absolute atomic E-state index is 13.0. The number of pyridine rings is 1. The smallest absolute Gasteiger partial charge is 0.265 e. The van der Waals surface area contributed by atoms with E-state index in [9.17, 15) is 24.2 Å². The number of rotatable bonds is 2. The molecule has 4 rings (SSSR count). The molecule has 130 valence electrons. The van der Waals surface area contributed by atoms with Crippen molar-refractivity contribution in [2.24, 2.45) is 0 Å². The molecule has 0 aliphatic carbocycles. The number of benzene rings is 2. The summed E-state index contributed by atoms with van der Waals surface area (Å²) in [6.45, 7) is 1.60. The lowest BCUT2D eigenvalue weighted by molar-refractivity contribution is 0.0641. The van der Waals surface area contributed by atoms with Crippen molar-refractivity contribution in [3.05, 3.63) is 64.6 Å². The van der Waals surface area contributed by atoms with Crippen molar-refractivity contribution in [3.8, 4) is 11.5 Å². The van der Waals surface area contributed by atoms with Crippen LogP contribution in [0.1, 0.15) is 32.0 Å². The Hall–Kier alpha value is -3.48. The molecule has 0 unspecified atom stereocenters. The molecular formula is C19H13FN2O4. The zero-order valence-electron chi connectivity index (χ0n) is 13.7. The first-order valence-electron chi connectivity index (χ1n) is 7.84. The third-order valence-corrected chi connectivity index (χ3v) is 4.41. The van der Waals surface area contributed by atoms with Crippen LogP contribution in [0, 0.1) is 12.7 Å². The molecule has 0 bridgehead atoms. The lowest BCUT2D eigenvalue weighted by atomic mass is 10.0. The van der Waals surface area contributed by atoms with Crippen molar-refractivity contribution in [2.75, 3.05) is 0 Å². The zero-order valence-corrected chi connectivity index (χ0v) is 13.7. The van der Waals surface area contributed by atoms with Gasteiger partial charge in [0.15, 0.2) is 5.75 Å². The number of halogens is 1. The van der Waals surface area contributed by atoms with Gasteiger partial charge in [-0.2, -0.15) is 0 Å². The van der Waals surface area contributed by atoms with E-state index < -0.39 is 23.4 Å². The molecule has 0 fully saturated rings. The predicted molar refractivity (Wildman–Crippen MR) is 90.4 cm³/mol. The summed E-state index contributed by atoms with van der Waals surface area (Å²) in [5, 5.41) is 21.2. The summed E-state index contributed by atoms with van der Waals surface area (Å²) >= 11 is 0. The highest BCUT2D eigenvalue weighted by Gasteiger charge is 2.42. The van der Waals surface area contributed by atoms with Crippen LogP contribution in [0.25, 0.3) is 10.9 Å². The number of fused-ring (bicyclic) bond motifs is 2. The summed E-state index contributed by atoms with van der Waals surface area (Å²) in [7, 11) is 0. The van der Waals surface area contributed by atoms with E-state index in [0.717, 1.165) is 4.90 Å². The molecule has 2 heterocycles. The highest BCUT2D eigenvalue weighted by atomic mass is 19.1. The molecule has 0 radical (unpaired) electrons. The molecule has 7 heteroatoms. The maximum atomic E-state index is 13.0. The van der Waals surface area contributed by atoms with Crippen LogP contribution in [0.3, 0.4) is 0 Å². The van der Waals surface area contributed by atoms with Crippen LogP contribution >= 0.6 is 0 Å². The van der Waals surface area contributed by atoms with E-state index in [2.05, 4.69) is 4.98 Å². The van der Waals surface area contributed by atoms with E-state index in [0.29, 0.717) is 11.3 Å². The number of aryl methyl sites for hydroxylation is 1. The number of carbonyl (C=O) groups is 2. The summed E-state index contributed by atoms with van der Waals surface area (Å²) in [6.07, 6.45) is 0. The summed E-state index contributed by atoms with van der Waals surface area (Å²) in [6, 6.07) is 8.53. The molecule has 1 aliphatic rings. The van der Waals surface area contributed by atoms with E-state index in [-0.39, 0.29) is 34.3 Å². The van der Waals surface area contributed by atoms with E-state index >= 15 is 0 Å². The number of aromatic hydroxyl groups is 2. The van der Waals surface area contributed by atoms with Crippen LogP contribution in [0.15, 0.2) is 36.4 Å². The largest absolute Gasteiger partial charge is 0.506 e. The number of imide groups is 1. The third kappa shape index (κ3) is 2.21. The highest BCUT2D eigenvalue weighted by Crippen LogP contribution is 2.43. The number of amides is 2. The Morgan fingerprint density at radius 1 is 0.962 bits per heavy atom. The predicted octanol–water partition coefficient (Wildman–Crippen LogP) is 2.89. The standard InChI is InChI=1S/C19H13FN2O4/c1-9-2-7-12-15(21-9)17(24)14-13(16(12)23)18(25)22(19(14)26)8-10-3-5-11(20)6-4-10/h2-7,23-24H,8H2,1H3. The van der Waals surface area contributed by atoms with Crippen LogP contribution in [-0.2, 0) is 6.54 Å². The maximum Gasteiger partial charge on any atom is 0.265 e. The van der Waals surface area contributed by atoms with Gasteiger partial charge in [0.25, 0.3) is 11.8 Å². The Balaban J connectivity index is 1.85. The summed E-state index contributed by atoms with van der Waals surface area (Å²) in [5.41, 5.74) is 0.685. The Morgan fingerprint density at radius 2 is 1.58 bits per heavy atom. The van der Waals surface area contributed by atoms with Gasteiger partial charge in [-0.25, -0.2) is 9.37 Å². The van der Waals surface area contributed by atoms with Crippen molar-refractivity contribution in [3.63, 3.8) is 0 Å². The number of hydrogen-bond acceptors (Lipinski definition) is 5. The molecule has 0 atom stereocenters. The molecule has 1 aliphatic heterocycles. The second-order valence-corrected chi connectivity index (χ2v) is 6.12. The van der Waals surface area contributed by atoms with Crippen molar-refractivity contribution >= 4 is 22.7 Å². The fraction of sp³-hybridized carbons (Fsp3) is 0.105. The third-order valence-electron chi connectivity index (χ3n) is 4.41. The molecule has 2 N–H and O–H groups in total. The van der Waals surface area contributed by atoms with Gasteiger partial charge in [-0.05, 0) is 36.8 Å². The highest BCUT2D eigenvalue weighted by molar-refractivity contribution is 6.26. The van der Waals surface area contributed by atoms with Gasteiger partial charge in [-0.15, -0.1) is 0 Å². The first kappa shape index (κ1) is 16.0. The Kier molecular flexibility index (Phi) is 3.40. The molecule has 3 aromatic rings. The van der Waals surface area contributed by atoms with Crippen LogP contribution < -0.4 is 0 Å². The van der Waals surface area contributed by atoms with Crippen LogP contribution in [0.4, 0.5) is 4.39 Å². The van der Waals surface area contributed by atoms with Gasteiger partial charge in [0, 0.05) is 11.1 Å². The normalized spacial score (nSPS) is 13.5. The molecule has 2 amide bonds. The molecule has 0 saturated heterocycles. The summed E-state index contributed by atoms with van der Waals surface area (Å²) < 4.78 is 13.0. The quantitative estimate of drug-likeness (QED) is 0.547. The molecule has 0 spiro atoms. The van der Waals surface area contributed by atoms with Crippen LogP contribution in [0.2, 0.25) is 0 Å². The number of carbonyl (C=O) groups excluding carboxylic acids is 2. The number of aromatic nitrogens is 1. The average Bonchev–Trinajstić information content (AvgIpc) is 2.86. The van der Waals surface area contributed by atoms with Gasteiger partial charge in [-0.1, -0.05) is 12.1 Å². The van der Waals surface area contributed by atoms with E-state index in [1.807, 2.05) is 0 Å². The number of nitrogens with zero attached hydrogens (tertiary/aromatic N) is 2. The lowest BCUT2D eigenvalue weighted by Crippen LogP contribution is -2.29. The van der Waals surface area contributed by atoms with Crippen LogP contribution in [-0.4, -0.2) is 31.9 Å². The molecule has 0 saturated carbocycles. The Morgan fingerprint density at radius 3 is 2.23 bits per heavy atom. The number of hydrogen-bond donors (Lipinski definition) is 2. The minimum Gasteiger partial charge on any atom is -0.506 e. The average molecular weight is 352 g/mol. The van der Waals surface area contributed by atoms with Gasteiger partial charge in [0.1, 0.15) is 22.6 Å². The first-order chi connectivity index (χ1) is 12.4. The Bertz CT molecular complexity index is 1090. The molecular weight excluding hydrogens is 339 g/mol. The van der Waals surface area contributed by atoms with Gasteiger partial charge in [0.05, 0.1) is 12.1 Å². The van der Waals surface area contributed by atoms with Gasteiger partial charge in [0.2, 0.25) is 0 Å². The number of phenols is 2. The molecule has 6 nitrogen and oxygen atoms in total. The number of phenolic OH excluding ortho intramolecular Hbond substituents is 2. The van der Waals surface area contributed by atoms with Gasteiger partial charge in [-0.3, -0.25) is 14.5 Å². The van der Waals surface area contributed by atoms with Crippen molar-refractivity contribution in [2.45, 2.75) is 13.5 Å². The zero-order chi connectivity index (χ0) is 18.6. The first-order valence-corrected chi connectivity index (χ1v) is 7.84.